The minimum absolute atomic E-state index is 0.278. The van der Waals surface area contributed by atoms with Gasteiger partial charge in [-0.1, -0.05) is 6.08 Å². The van der Waals surface area contributed by atoms with Gasteiger partial charge in [0.15, 0.2) is 17.0 Å². The van der Waals surface area contributed by atoms with Gasteiger partial charge in [0, 0.05) is 51.5 Å². The summed E-state index contributed by atoms with van der Waals surface area (Å²) in [5, 5.41) is 0.278. The number of ether oxygens (including phenoxy) is 1. The number of fused-ring (bicyclic) bond motifs is 2. The fourth-order valence-corrected chi connectivity index (χ4v) is 4.60. The van der Waals surface area contributed by atoms with E-state index in [0.717, 1.165) is 68.6 Å². The van der Waals surface area contributed by atoms with E-state index in [9.17, 15) is 0 Å². The molecule has 0 saturated carbocycles. The Morgan fingerprint density at radius 3 is 2.71 bits per heavy atom. The van der Waals surface area contributed by atoms with Crippen molar-refractivity contribution >= 4 is 28.6 Å². The molecule has 9 heteroatoms. The molecule has 0 aromatic carbocycles. The number of nitrogens with zero attached hydrogens (tertiary/aromatic N) is 7. The zero-order chi connectivity index (χ0) is 19.1. The van der Waals surface area contributed by atoms with Gasteiger partial charge in [0.2, 0.25) is 5.28 Å². The van der Waals surface area contributed by atoms with E-state index in [2.05, 4.69) is 42.2 Å². The number of morpholine rings is 1. The molecule has 2 aromatic rings. The third kappa shape index (κ3) is 3.23. The molecule has 0 bridgehead atoms. The second kappa shape index (κ2) is 7.50. The van der Waals surface area contributed by atoms with Gasteiger partial charge in [-0.15, -0.1) is 0 Å². The number of rotatable bonds is 4. The molecule has 2 saturated heterocycles. The second-order valence-electron chi connectivity index (χ2n) is 7.54. The highest BCUT2D eigenvalue weighted by atomic mass is 35.5. The Morgan fingerprint density at radius 1 is 1.04 bits per heavy atom. The zero-order valence-corrected chi connectivity index (χ0v) is 17.0. The molecule has 5 rings (SSSR count). The van der Waals surface area contributed by atoms with Crippen LogP contribution in [0.25, 0.3) is 11.2 Å². The van der Waals surface area contributed by atoms with Gasteiger partial charge in [0.1, 0.15) is 5.82 Å². The minimum atomic E-state index is 0.278. The second-order valence-corrected chi connectivity index (χ2v) is 7.88. The van der Waals surface area contributed by atoms with Crippen molar-refractivity contribution in [2.75, 3.05) is 57.4 Å². The van der Waals surface area contributed by atoms with E-state index in [4.69, 9.17) is 21.3 Å². The fraction of sp³-hybridized carbons (Fsp3) is 0.632. The van der Waals surface area contributed by atoms with Crippen LogP contribution < -0.4 is 4.90 Å². The van der Waals surface area contributed by atoms with Crippen LogP contribution in [0.4, 0.5) is 5.82 Å². The predicted octanol–water partition coefficient (Wildman–Crippen LogP) is 1.74. The Kier molecular flexibility index (Phi) is 4.86. The zero-order valence-electron chi connectivity index (χ0n) is 16.3. The summed E-state index contributed by atoms with van der Waals surface area (Å²) in [6.45, 7) is 11.1. The average molecular weight is 404 g/mol. The standard InChI is InChI=1S/C19H26ClN7O/c1-2-27-15(13-24-6-7-25-5-3-4-14(25)12-24)21-16-17(22-19(20)23-18(16)27)26-8-10-28-11-9-26/h4H,2-3,5-13H2,1H3. The van der Waals surface area contributed by atoms with Crippen molar-refractivity contribution in [2.45, 2.75) is 26.4 Å². The molecule has 2 aromatic heterocycles. The molecule has 0 spiro atoms. The van der Waals surface area contributed by atoms with Crippen molar-refractivity contribution in [1.82, 2.24) is 29.3 Å². The van der Waals surface area contributed by atoms with E-state index in [1.807, 2.05) is 0 Å². The molecule has 5 heterocycles. The van der Waals surface area contributed by atoms with E-state index in [-0.39, 0.29) is 5.28 Å². The van der Waals surface area contributed by atoms with E-state index in [1.165, 1.54) is 18.7 Å². The fourth-order valence-electron chi connectivity index (χ4n) is 4.44. The van der Waals surface area contributed by atoms with Crippen molar-refractivity contribution in [3.8, 4) is 0 Å². The van der Waals surface area contributed by atoms with Crippen LogP contribution in [0.2, 0.25) is 5.28 Å². The lowest BCUT2D eigenvalue weighted by atomic mass is 10.2. The SMILES string of the molecule is CCn1c(CN2CCN3CCC=C3C2)nc2c(N3CCOCC3)nc(Cl)nc21. The van der Waals surface area contributed by atoms with Crippen molar-refractivity contribution in [1.29, 1.82) is 0 Å². The monoisotopic (exact) mass is 403 g/mol. The van der Waals surface area contributed by atoms with Crippen LogP contribution in [-0.4, -0.2) is 81.8 Å². The number of imidazole rings is 1. The summed E-state index contributed by atoms with van der Waals surface area (Å²) >= 11 is 6.29. The van der Waals surface area contributed by atoms with Crippen molar-refractivity contribution in [3.63, 3.8) is 0 Å². The first-order chi connectivity index (χ1) is 13.7. The molecule has 0 amide bonds. The van der Waals surface area contributed by atoms with Gasteiger partial charge in [-0.3, -0.25) is 4.90 Å². The smallest absolute Gasteiger partial charge is 0.226 e. The Hall–Kier alpha value is -1.90. The van der Waals surface area contributed by atoms with Crippen molar-refractivity contribution in [3.05, 3.63) is 22.9 Å². The Balaban J connectivity index is 1.48. The third-order valence-electron chi connectivity index (χ3n) is 5.88. The van der Waals surface area contributed by atoms with E-state index >= 15 is 0 Å². The molecule has 2 fully saturated rings. The normalized spacial score (nSPS) is 20.7. The third-order valence-corrected chi connectivity index (χ3v) is 6.05. The lowest BCUT2D eigenvalue weighted by molar-refractivity contribution is 0.122. The molecule has 3 aliphatic heterocycles. The van der Waals surface area contributed by atoms with E-state index in [0.29, 0.717) is 13.2 Å². The quantitative estimate of drug-likeness (QED) is 0.720. The highest BCUT2D eigenvalue weighted by Gasteiger charge is 2.26. The molecule has 0 N–H and O–H groups in total. The van der Waals surface area contributed by atoms with Crippen LogP contribution >= 0.6 is 11.6 Å². The van der Waals surface area contributed by atoms with Gasteiger partial charge in [0.05, 0.1) is 19.8 Å². The van der Waals surface area contributed by atoms with Gasteiger partial charge in [-0.05, 0) is 24.9 Å². The Labute approximate surface area is 169 Å². The first-order valence-electron chi connectivity index (χ1n) is 10.1. The maximum Gasteiger partial charge on any atom is 0.226 e. The number of hydrogen-bond donors (Lipinski definition) is 0. The molecule has 8 nitrogen and oxygen atoms in total. The summed E-state index contributed by atoms with van der Waals surface area (Å²) in [5.74, 6) is 1.87. The number of hydrogen-bond acceptors (Lipinski definition) is 7. The highest BCUT2D eigenvalue weighted by molar-refractivity contribution is 6.28. The molecular weight excluding hydrogens is 378 g/mol. The summed E-state index contributed by atoms with van der Waals surface area (Å²) in [5.41, 5.74) is 3.14. The molecule has 0 unspecified atom stereocenters. The van der Waals surface area contributed by atoms with E-state index in [1.54, 1.807) is 0 Å². The predicted molar refractivity (Wildman–Crippen MR) is 109 cm³/mol. The van der Waals surface area contributed by atoms with E-state index < -0.39 is 0 Å². The first kappa shape index (κ1) is 18.1. The van der Waals surface area contributed by atoms with Crippen molar-refractivity contribution < 1.29 is 4.74 Å². The Morgan fingerprint density at radius 2 is 1.89 bits per heavy atom. The summed E-state index contributed by atoms with van der Waals surface area (Å²) < 4.78 is 7.67. The number of piperazine rings is 1. The molecule has 3 aliphatic rings. The number of aromatic nitrogens is 4. The van der Waals surface area contributed by atoms with Crippen LogP contribution in [0.1, 0.15) is 19.2 Å². The topological polar surface area (TPSA) is 62.5 Å². The molecule has 0 aliphatic carbocycles. The summed E-state index contributed by atoms with van der Waals surface area (Å²) in [6, 6.07) is 0. The van der Waals surface area contributed by atoms with Gasteiger partial charge in [-0.2, -0.15) is 9.97 Å². The number of anilines is 1. The van der Waals surface area contributed by atoms with Crippen LogP contribution in [0.15, 0.2) is 11.8 Å². The number of halogens is 1. The lowest BCUT2D eigenvalue weighted by Gasteiger charge is -2.35. The van der Waals surface area contributed by atoms with Crippen LogP contribution in [-0.2, 0) is 17.8 Å². The molecular formula is C19H26ClN7O. The van der Waals surface area contributed by atoms with Gasteiger partial charge >= 0.3 is 0 Å². The highest BCUT2D eigenvalue weighted by Crippen LogP contribution is 2.28. The molecule has 150 valence electrons. The summed E-state index contributed by atoms with van der Waals surface area (Å²) in [4.78, 5) is 21.2. The van der Waals surface area contributed by atoms with Crippen LogP contribution in [0, 0.1) is 0 Å². The molecule has 0 atom stereocenters. The minimum Gasteiger partial charge on any atom is -0.378 e. The Bertz CT molecular complexity index is 905. The maximum atomic E-state index is 6.29. The van der Waals surface area contributed by atoms with Crippen LogP contribution in [0.3, 0.4) is 0 Å². The summed E-state index contributed by atoms with van der Waals surface area (Å²) in [7, 11) is 0. The number of aryl methyl sites for hydroxylation is 1. The van der Waals surface area contributed by atoms with Crippen molar-refractivity contribution in [2.24, 2.45) is 0 Å². The molecule has 28 heavy (non-hydrogen) atoms. The first-order valence-corrected chi connectivity index (χ1v) is 10.5. The van der Waals surface area contributed by atoms with Crippen LogP contribution in [0.5, 0.6) is 0 Å². The van der Waals surface area contributed by atoms with Gasteiger partial charge in [0.25, 0.3) is 0 Å². The largest absolute Gasteiger partial charge is 0.378 e. The molecule has 0 radical (unpaired) electrons. The average Bonchev–Trinajstić information content (AvgIpc) is 3.31. The lowest BCUT2D eigenvalue weighted by Crippen LogP contribution is -2.43. The maximum absolute atomic E-state index is 6.29. The van der Waals surface area contributed by atoms with Gasteiger partial charge in [-0.25, -0.2) is 4.98 Å². The summed E-state index contributed by atoms with van der Waals surface area (Å²) in [6.07, 6.45) is 3.55. The van der Waals surface area contributed by atoms with Gasteiger partial charge < -0.3 is 19.1 Å².